The van der Waals surface area contributed by atoms with Crippen LogP contribution < -0.4 is 5.32 Å². The van der Waals surface area contributed by atoms with E-state index in [0.717, 1.165) is 13.1 Å². The van der Waals surface area contributed by atoms with Crippen molar-refractivity contribution in [3.05, 3.63) is 12.7 Å². The second-order valence-electron chi connectivity index (χ2n) is 4.79. The van der Waals surface area contributed by atoms with Crippen molar-refractivity contribution in [3.63, 3.8) is 0 Å². The molecule has 1 atom stereocenters. The first-order valence-corrected chi connectivity index (χ1v) is 6.30. The normalized spacial score (nSPS) is 26.1. The van der Waals surface area contributed by atoms with Gasteiger partial charge in [0.05, 0.1) is 0 Å². The van der Waals surface area contributed by atoms with E-state index in [4.69, 9.17) is 0 Å². The molecule has 0 aliphatic carbocycles. The van der Waals surface area contributed by atoms with Crippen LogP contribution in [0.25, 0.3) is 0 Å². The molecule has 0 spiro atoms. The van der Waals surface area contributed by atoms with Gasteiger partial charge in [0.1, 0.15) is 0 Å². The van der Waals surface area contributed by atoms with Crippen molar-refractivity contribution in [3.8, 4) is 0 Å². The summed E-state index contributed by atoms with van der Waals surface area (Å²) in [5.41, 5.74) is 0.535. The Morgan fingerprint density at radius 3 is 2.73 bits per heavy atom. The van der Waals surface area contributed by atoms with Gasteiger partial charge in [0.25, 0.3) is 0 Å². The molecule has 1 saturated heterocycles. The summed E-state index contributed by atoms with van der Waals surface area (Å²) in [6, 6.07) is 0. The van der Waals surface area contributed by atoms with Gasteiger partial charge in [-0.1, -0.05) is 26.3 Å². The molecule has 1 unspecified atom stereocenters. The predicted octanol–water partition coefficient (Wildman–Crippen LogP) is 2.27. The Morgan fingerprint density at radius 1 is 1.47 bits per heavy atom. The summed E-state index contributed by atoms with van der Waals surface area (Å²) in [6.07, 6.45) is 6.01. The van der Waals surface area contributed by atoms with Crippen molar-refractivity contribution < 1.29 is 0 Å². The molecular formula is C13H26N2. The summed E-state index contributed by atoms with van der Waals surface area (Å²) in [7, 11) is 0. The summed E-state index contributed by atoms with van der Waals surface area (Å²) in [5, 5.41) is 3.52. The molecule has 2 nitrogen and oxygen atoms in total. The van der Waals surface area contributed by atoms with Crippen LogP contribution in [0.1, 0.15) is 33.1 Å². The second kappa shape index (κ2) is 6.29. The molecule has 0 saturated carbocycles. The van der Waals surface area contributed by atoms with Crippen LogP contribution in [-0.4, -0.2) is 37.6 Å². The fraction of sp³-hybridized carbons (Fsp3) is 0.846. The van der Waals surface area contributed by atoms with Crippen LogP contribution in [0.15, 0.2) is 12.7 Å². The van der Waals surface area contributed by atoms with Crippen molar-refractivity contribution in [2.75, 3.05) is 32.7 Å². The van der Waals surface area contributed by atoms with Crippen LogP contribution in [0, 0.1) is 5.41 Å². The highest BCUT2D eigenvalue weighted by atomic mass is 15.1. The lowest BCUT2D eigenvalue weighted by atomic mass is 9.82. The van der Waals surface area contributed by atoms with Crippen LogP contribution in [0.2, 0.25) is 0 Å². The maximum absolute atomic E-state index is 3.83. The lowest BCUT2D eigenvalue weighted by Crippen LogP contribution is -2.39. The maximum atomic E-state index is 3.83. The number of nitrogens with zero attached hydrogens (tertiary/aromatic N) is 1. The van der Waals surface area contributed by atoms with Crippen molar-refractivity contribution in [1.29, 1.82) is 0 Å². The Bertz CT molecular complexity index is 183. The van der Waals surface area contributed by atoms with E-state index in [1.807, 2.05) is 6.08 Å². The quantitative estimate of drug-likeness (QED) is 0.649. The van der Waals surface area contributed by atoms with Gasteiger partial charge in [-0.3, -0.25) is 4.90 Å². The third kappa shape index (κ3) is 3.62. The molecule has 88 valence electrons. The smallest absolute Gasteiger partial charge is 0.0160 e. The first-order chi connectivity index (χ1) is 7.26. The Hall–Kier alpha value is -0.340. The van der Waals surface area contributed by atoms with E-state index in [-0.39, 0.29) is 0 Å². The lowest BCUT2D eigenvalue weighted by Gasteiger charge is -2.33. The zero-order valence-corrected chi connectivity index (χ0v) is 10.4. The largest absolute Gasteiger partial charge is 0.316 e. The fourth-order valence-corrected chi connectivity index (χ4v) is 2.72. The summed E-state index contributed by atoms with van der Waals surface area (Å²) in [6.45, 7) is 14.2. The molecule has 0 radical (unpaired) electrons. The van der Waals surface area contributed by atoms with Crippen molar-refractivity contribution in [2.24, 2.45) is 5.41 Å². The molecule has 1 heterocycles. The van der Waals surface area contributed by atoms with Crippen LogP contribution in [0.3, 0.4) is 0 Å². The third-order valence-electron chi connectivity index (χ3n) is 3.51. The van der Waals surface area contributed by atoms with Crippen LogP contribution in [-0.2, 0) is 0 Å². The topological polar surface area (TPSA) is 15.3 Å². The molecule has 0 amide bonds. The molecule has 0 aromatic rings. The number of hydrogen-bond acceptors (Lipinski definition) is 2. The Kier molecular flexibility index (Phi) is 5.34. The monoisotopic (exact) mass is 210 g/mol. The molecule has 0 bridgehead atoms. The van der Waals surface area contributed by atoms with Gasteiger partial charge >= 0.3 is 0 Å². The van der Waals surface area contributed by atoms with E-state index in [9.17, 15) is 0 Å². The van der Waals surface area contributed by atoms with E-state index in [2.05, 4.69) is 30.6 Å². The van der Waals surface area contributed by atoms with Gasteiger partial charge < -0.3 is 5.32 Å². The van der Waals surface area contributed by atoms with Gasteiger partial charge in [-0.25, -0.2) is 0 Å². The van der Waals surface area contributed by atoms with Crippen molar-refractivity contribution in [1.82, 2.24) is 10.2 Å². The van der Waals surface area contributed by atoms with Gasteiger partial charge in [-0.15, -0.1) is 6.58 Å². The average molecular weight is 210 g/mol. The Morgan fingerprint density at radius 2 is 2.27 bits per heavy atom. The van der Waals surface area contributed by atoms with Crippen molar-refractivity contribution >= 4 is 0 Å². The average Bonchev–Trinajstić information content (AvgIpc) is 2.67. The first-order valence-electron chi connectivity index (χ1n) is 6.30. The lowest BCUT2D eigenvalue weighted by molar-refractivity contribution is 0.170. The van der Waals surface area contributed by atoms with Gasteiger partial charge in [0.15, 0.2) is 0 Å². The first kappa shape index (κ1) is 12.7. The predicted molar refractivity (Wildman–Crippen MR) is 67.1 cm³/mol. The molecule has 1 rings (SSSR count). The third-order valence-corrected chi connectivity index (χ3v) is 3.51. The standard InChI is InChI=1S/C13H26N2/c1-4-7-13(8-9-14-11-13)12-15(6-3)10-5-2/h5,14H,2,4,6-12H2,1,3H3. The summed E-state index contributed by atoms with van der Waals surface area (Å²) >= 11 is 0. The molecule has 0 aromatic heterocycles. The Labute approximate surface area is 94.7 Å². The van der Waals surface area contributed by atoms with Gasteiger partial charge in [-0.2, -0.15) is 0 Å². The second-order valence-corrected chi connectivity index (χ2v) is 4.79. The summed E-state index contributed by atoms with van der Waals surface area (Å²) in [5.74, 6) is 0. The minimum atomic E-state index is 0.535. The van der Waals surface area contributed by atoms with Gasteiger partial charge in [-0.05, 0) is 31.3 Å². The van der Waals surface area contributed by atoms with E-state index >= 15 is 0 Å². The minimum Gasteiger partial charge on any atom is -0.316 e. The highest BCUT2D eigenvalue weighted by Gasteiger charge is 2.33. The number of nitrogens with one attached hydrogen (secondary N) is 1. The van der Waals surface area contributed by atoms with E-state index in [0.29, 0.717) is 5.41 Å². The van der Waals surface area contributed by atoms with Crippen LogP contribution >= 0.6 is 0 Å². The van der Waals surface area contributed by atoms with Crippen molar-refractivity contribution in [2.45, 2.75) is 33.1 Å². The molecule has 0 aromatic carbocycles. The minimum absolute atomic E-state index is 0.535. The van der Waals surface area contributed by atoms with Crippen LogP contribution in [0.5, 0.6) is 0 Å². The zero-order chi connectivity index (χ0) is 11.1. The summed E-state index contributed by atoms with van der Waals surface area (Å²) in [4.78, 5) is 2.51. The fourth-order valence-electron chi connectivity index (χ4n) is 2.72. The number of likely N-dealkylation sites (N-methyl/N-ethyl adjacent to an activating group) is 1. The highest BCUT2D eigenvalue weighted by molar-refractivity contribution is 4.91. The van der Waals surface area contributed by atoms with E-state index in [1.54, 1.807) is 0 Å². The Balaban J connectivity index is 2.52. The van der Waals surface area contributed by atoms with E-state index in [1.165, 1.54) is 38.9 Å². The SMILES string of the molecule is C=CCN(CC)CC1(CCC)CCNC1. The zero-order valence-electron chi connectivity index (χ0n) is 10.4. The van der Waals surface area contributed by atoms with Gasteiger partial charge in [0, 0.05) is 19.6 Å². The van der Waals surface area contributed by atoms with E-state index < -0.39 is 0 Å². The molecule has 1 N–H and O–H groups in total. The maximum Gasteiger partial charge on any atom is 0.0160 e. The summed E-state index contributed by atoms with van der Waals surface area (Å²) < 4.78 is 0. The molecule has 15 heavy (non-hydrogen) atoms. The molecule has 1 aliphatic rings. The molecule has 2 heteroatoms. The molecule has 1 aliphatic heterocycles. The number of hydrogen-bond donors (Lipinski definition) is 1. The number of rotatable bonds is 7. The molecule has 1 fully saturated rings. The van der Waals surface area contributed by atoms with Gasteiger partial charge in [0.2, 0.25) is 0 Å². The van der Waals surface area contributed by atoms with Crippen LogP contribution in [0.4, 0.5) is 0 Å². The highest BCUT2D eigenvalue weighted by Crippen LogP contribution is 2.31. The molecular weight excluding hydrogens is 184 g/mol.